The molecule has 1 N–H and O–H groups in total. The second-order valence-corrected chi connectivity index (χ2v) is 4.88. The molecule has 0 aromatic rings. The van der Waals surface area contributed by atoms with Gasteiger partial charge in [-0.15, -0.1) is 0 Å². The molecule has 0 spiro atoms. The fourth-order valence-electron chi connectivity index (χ4n) is 2.05. The van der Waals surface area contributed by atoms with Crippen molar-refractivity contribution in [3.8, 4) is 0 Å². The fraction of sp³-hybridized carbons (Fsp3) is 1.00. The molecule has 0 bridgehead atoms. The molecule has 0 amide bonds. The first kappa shape index (κ1) is 11.5. The van der Waals surface area contributed by atoms with Crippen LogP contribution in [0.2, 0.25) is 0 Å². The van der Waals surface area contributed by atoms with Gasteiger partial charge in [-0.05, 0) is 38.3 Å². The third-order valence-corrected chi connectivity index (χ3v) is 3.52. The number of halogens is 1. The Hall–Kier alpha value is 0.440. The van der Waals surface area contributed by atoms with E-state index in [9.17, 15) is 0 Å². The molecule has 2 heteroatoms. The first-order valence-electron chi connectivity index (χ1n) is 5.70. The highest BCUT2D eigenvalue weighted by atomic mass is 79.9. The summed E-state index contributed by atoms with van der Waals surface area (Å²) in [6.45, 7) is 2.51. The summed E-state index contributed by atoms with van der Waals surface area (Å²) in [5.74, 6) is 1.03. The van der Waals surface area contributed by atoms with Gasteiger partial charge in [0.2, 0.25) is 0 Å². The minimum atomic E-state index is 1.03. The van der Waals surface area contributed by atoms with Crippen molar-refractivity contribution in [2.24, 2.45) is 5.92 Å². The predicted octanol–water partition coefficient (Wildman–Crippen LogP) is 3.33. The molecule has 0 radical (unpaired) electrons. The molecule has 0 unspecified atom stereocenters. The molecule has 0 saturated carbocycles. The Labute approximate surface area is 90.8 Å². The van der Waals surface area contributed by atoms with Crippen LogP contribution in [0.15, 0.2) is 0 Å². The van der Waals surface area contributed by atoms with E-state index in [1.807, 2.05) is 0 Å². The summed E-state index contributed by atoms with van der Waals surface area (Å²) >= 11 is 3.47. The average Bonchev–Trinajstić information content (AvgIpc) is 2.19. The van der Waals surface area contributed by atoms with E-state index in [1.54, 1.807) is 0 Å². The van der Waals surface area contributed by atoms with Gasteiger partial charge >= 0.3 is 0 Å². The molecular formula is C11H22BrN. The molecular weight excluding hydrogens is 226 g/mol. The topological polar surface area (TPSA) is 12.0 Å². The first-order valence-corrected chi connectivity index (χ1v) is 6.82. The van der Waals surface area contributed by atoms with Crippen LogP contribution in [0.3, 0.4) is 0 Å². The molecule has 1 aliphatic rings. The molecule has 1 rings (SSSR count). The van der Waals surface area contributed by atoms with Crippen molar-refractivity contribution in [2.45, 2.75) is 44.9 Å². The zero-order valence-electron chi connectivity index (χ0n) is 8.53. The monoisotopic (exact) mass is 247 g/mol. The number of alkyl halides is 1. The van der Waals surface area contributed by atoms with Crippen molar-refractivity contribution in [3.05, 3.63) is 0 Å². The van der Waals surface area contributed by atoms with Gasteiger partial charge in [-0.1, -0.05) is 41.6 Å². The molecule has 1 fully saturated rings. The van der Waals surface area contributed by atoms with Crippen LogP contribution in [0.25, 0.3) is 0 Å². The van der Waals surface area contributed by atoms with Gasteiger partial charge in [-0.2, -0.15) is 0 Å². The van der Waals surface area contributed by atoms with E-state index in [2.05, 4.69) is 21.2 Å². The predicted molar refractivity (Wildman–Crippen MR) is 62.5 cm³/mol. The zero-order chi connectivity index (χ0) is 9.36. The highest BCUT2D eigenvalue weighted by molar-refractivity contribution is 9.09. The standard InChI is InChI=1S/C11H22BrN/c12-8-4-2-1-3-5-11-6-9-13-10-7-11/h11,13H,1-10H2. The lowest BCUT2D eigenvalue weighted by Gasteiger charge is -2.22. The van der Waals surface area contributed by atoms with Crippen LogP contribution in [0.1, 0.15) is 44.9 Å². The minimum absolute atomic E-state index is 1.03. The zero-order valence-corrected chi connectivity index (χ0v) is 10.1. The van der Waals surface area contributed by atoms with Gasteiger partial charge in [0.1, 0.15) is 0 Å². The van der Waals surface area contributed by atoms with Gasteiger partial charge in [0.15, 0.2) is 0 Å². The van der Waals surface area contributed by atoms with Crippen LogP contribution >= 0.6 is 15.9 Å². The molecule has 0 aromatic carbocycles. The first-order chi connectivity index (χ1) is 6.43. The molecule has 13 heavy (non-hydrogen) atoms. The summed E-state index contributed by atoms with van der Waals surface area (Å²) in [6.07, 6.45) is 9.97. The van der Waals surface area contributed by atoms with Crippen molar-refractivity contribution in [1.82, 2.24) is 5.32 Å². The van der Waals surface area contributed by atoms with Gasteiger partial charge in [0.25, 0.3) is 0 Å². The van der Waals surface area contributed by atoms with Gasteiger partial charge in [0, 0.05) is 5.33 Å². The van der Waals surface area contributed by atoms with Gasteiger partial charge in [0.05, 0.1) is 0 Å². The van der Waals surface area contributed by atoms with E-state index in [-0.39, 0.29) is 0 Å². The molecule has 0 atom stereocenters. The average molecular weight is 248 g/mol. The summed E-state index contributed by atoms with van der Waals surface area (Å²) in [5.41, 5.74) is 0. The lowest BCUT2D eigenvalue weighted by atomic mass is 9.92. The third-order valence-electron chi connectivity index (χ3n) is 2.95. The second-order valence-electron chi connectivity index (χ2n) is 4.09. The number of piperidine rings is 1. The SMILES string of the molecule is BrCCCCCCC1CCNCC1. The number of rotatable bonds is 6. The molecule has 0 aromatic heterocycles. The van der Waals surface area contributed by atoms with Crippen molar-refractivity contribution in [1.29, 1.82) is 0 Å². The van der Waals surface area contributed by atoms with Crippen molar-refractivity contribution < 1.29 is 0 Å². The molecule has 1 nitrogen and oxygen atoms in total. The van der Waals surface area contributed by atoms with Gasteiger partial charge < -0.3 is 5.32 Å². The Morgan fingerprint density at radius 1 is 1.00 bits per heavy atom. The van der Waals surface area contributed by atoms with Gasteiger partial charge in [-0.3, -0.25) is 0 Å². The number of hydrogen-bond donors (Lipinski definition) is 1. The molecule has 0 aliphatic carbocycles. The summed E-state index contributed by atoms with van der Waals surface area (Å²) < 4.78 is 0. The van der Waals surface area contributed by atoms with E-state index in [1.165, 1.54) is 63.4 Å². The Morgan fingerprint density at radius 3 is 2.38 bits per heavy atom. The lowest BCUT2D eigenvalue weighted by molar-refractivity contribution is 0.342. The number of unbranched alkanes of at least 4 members (excludes halogenated alkanes) is 3. The van der Waals surface area contributed by atoms with Crippen molar-refractivity contribution in [2.75, 3.05) is 18.4 Å². The summed E-state index contributed by atoms with van der Waals surface area (Å²) in [7, 11) is 0. The molecule has 1 saturated heterocycles. The molecule has 1 heterocycles. The Balaban J connectivity index is 1.86. The van der Waals surface area contributed by atoms with Crippen LogP contribution in [0.4, 0.5) is 0 Å². The largest absolute Gasteiger partial charge is 0.317 e. The van der Waals surface area contributed by atoms with E-state index in [0.717, 1.165) is 5.92 Å². The van der Waals surface area contributed by atoms with Crippen molar-refractivity contribution >= 4 is 15.9 Å². The smallest absolute Gasteiger partial charge is 0.00313 e. The maximum Gasteiger partial charge on any atom is 0.00313 e. The second kappa shape index (κ2) is 7.81. The Kier molecular flexibility index (Phi) is 6.92. The highest BCUT2D eigenvalue weighted by Gasteiger charge is 2.11. The quantitative estimate of drug-likeness (QED) is 0.561. The number of hydrogen-bond acceptors (Lipinski definition) is 1. The van der Waals surface area contributed by atoms with Crippen LogP contribution in [0.5, 0.6) is 0 Å². The molecule has 1 aliphatic heterocycles. The van der Waals surface area contributed by atoms with E-state index >= 15 is 0 Å². The van der Waals surface area contributed by atoms with E-state index in [0.29, 0.717) is 0 Å². The normalized spacial score (nSPS) is 19.2. The minimum Gasteiger partial charge on any atom is -0.317 e. The van der Waals surface area contributed by atoms with Crippen molar-refractivity contribution in [3.63, 3.8) is 0 Å². The number of nitrogens with one attached hydrogen (secondary N) is 1. The summed E-state index contributed by atoms with van der Waals surface area (Å²) in [4.78, 5) is 0. The maximum absolute atomic E-state index is 3.47. The third kappa shape index (κ3) is 5.69. The lowest BCUT2D eigenvalue weighted by Crippen LogP contribution is -2.27. The summed E-state index contributed by atoms with van der Waals surface area (Å²) in [5, 5.41) is 4.60. The van der Waals surface area contributed by atoms with Crippen LogP contribution in [-0.2, 0) is 0 Å². The van der Waals surface area contributed by atoms with Crippen LogP contribution in [0, 0.1) is 5.92 Å². The summed E-state index contributed by atoms with van der Waals surface area (Å²) in [6, 6.07) is 0. The van der Waals surface area contributed by atoms with Crippen LogP contribution in [-0.4, -0.2) is 18.4 Å². The van der Waals surface area contributed by atoms with Gasteiger partial charge in [-0.25, -0.2) is 0 Å². The Bertz CT molecular complexity index is 111. The highest BCUT2D eigenvalue weighted by Crippen LogP contribution is 2.19. The fourth-order valence-corrected chi connectivity index (χ4v) is 2.45. The van der Waals surface area contributed by atoms with E-state index < -0.39 is 0 Å². The molecule has 78 valence electrons. The van der Waals surface area contributed by atoms with E-state index in [4.69, 9.17) is 0 Å². The van der Waals surface area contributed by atoms with Crippen LogP contribution < -0.4 is 5.32 Å². The Morgan fingerprint density at radius 2 is 1.69 bits per heavy atom. The maximum atomic E-state index is 3.47.